The second-order valence-electron chi connectivity index (χ2n) is 5.33. The van der Waals surface area contributed by atoms with E-state index in [0.29, 0.717) is 0 Å². The fourth-order valence-electron chi connectivity index (χ4n) is 1.93. The third-order valence-electron chi connectivity index (χ3n) is 3.33. The first kappa shape index (κ1) is 19.2. The van der Waals surface area contributed by atoms with E-state index in [4.69, 9.17) is 11.6 Å². The van der Waals surface area contributed by atoms with Gasteiger partial charge in [0.25, 0.3) is 0 Å². The number of imidazole rings is 1. The zero-order valence-electron chi connectivity index (χ0n) is 12.2. The van der Waals surface area contributed by atoms with Crippen LogP contribution in [0.15, 0.2) is 36.7 Å². The van der Waals surface area contributed by atoms with Crippen molar-refractivity contribution in [2.45, 2.75) is 25.9 Å². The molecule has 1 aromatic heterocycles. The summed E-state index contributed by atoms with van der Waals surface area (Å²) in [6, 6.07) is 7.89. The summed E-state index contributed by atoms with van der Waals surface area (Å²) in [4.78, 5) is 0. The molecule has 0 atom stereocenters. The molecule has 1 heterocycles. The Bertz CT molecular complexity index is 648. The van der Waals surface area contributed by atoms with Crippen molar-refractivity contribution in [1.29, 1.82) is 0 Å². The summed E-state index contributed by atoms with van der Waals surface area (Å²) in [6.45, 7) is 2.16. The van der Waals surface area contributed by atoms with Crippen molar-refractivity contribution in [2.75, 3.05) is 0 Å². The number of aromatic nitrogens is 2. The van der Waals surface area contributed by atoms with Gasteiger partial charge in [-0.1, -0.05) is 23.7 Å². The van der Waals surface area contributed by atoms with Crippen molar-refractivity contribution in [2.24, 2.45) is 13.0 Å². The fraction of sp³-hybridized carbons (Fsp3) is 0.400. The Kier molecular flexibility index (Phi) is 8.14. The topological polar surface area (TPSA) is 13.1 Å². The van der Waals surface area contributed by atoms with E-state index in [-0.39, 0.29) is 0 Å². The van der Waals surface area contributed by atoms with Gasteiger partial charge in [0.15, 0.2) is 0 Å². The molecule has 1 saturated carbocycles. The van der Waals surface area contributed by atoms with Gasteiger partial charge in [0.1, 0.15) is 0 Å². The van der Waals surface area contributed by atoms with Gasteiger partial charge in [0.05, 0.1) is 0 Å². The number of rotatable bonds is 4. The van der Waals surface area contributed by atoms with Crippen LogP contribution in [0.25, 0.3) is 0 Å². The van der Waals surface area contributed by atoms with Gasteiger partial charge in [-0.15, -0.1) is 0 Å². The van der Waals surface area contributed by atoms with Gasteiger partial charge in [0.2, 0.25) is 0 Å². The Balaban J connectivity index is 0.000000160. The van der Waals surface area contributed by atoms with Crippen molar-refractivity contribution >= 4 is 57.3 Å². The van der Waals surface area contributed by atoms with Crippen LogP contribution in [0.2, 0.25) is 5.02 Å². The maximum atomic E-state index is 5.73. The first-order chi connectivity index (χ1) is 10.5. The normalized spacial score (nSPS) is 14.0. The van der Waals surface area contributed by atoms with Gasteiger partial charge in [-0.3, -0.25) is 0 Å². The van der Waals surface area contributed by atoms with Crippen molar-refractivity contribution in [1.82, 2.24) is 10.5 Å². The van der Waals surface area contributed by atoms with Crippen LogP contribution in [0.5, 0.6) is 0 Å². The van der Waals surface area contributed by atoms with Crippen LogP contribution in [0.4, 0.5) is 0 Å². The van der Waals surface area contributed by atoms with Crippen LogP contribution < -0.4 is 0 Å². The third kappa shape index (κ3) is 6.75. The standard InChI is InChI=1S/C8H12N2.C7H6ClI2N.Pt/c1-9-4-5-10(7-9)6-8-2-3-8;8-7-3-1-6(2-4-7)5-11(9)10;/h4-5,8H,2-3,6H2,1H3;1-4H,5H2;. The zero-order chi connectivity index (χ0) is 16.1. The minimum atomic E-state index is 0.794. The summed E-state index contributed by atoms with van der Waals surface area (Å²) in [5.74, 6) is 0.969. The summed E-state index contributed by atoms with van der Waals surface area (Å²) in [7, 11) is 2.09. The average Bonchev–Trinajstić information content (AvgIpc) is 3.23. The molecule has 1 fully saturated rings. The number of halogens is 3. The van der Waals surface area contributed by atoms with Crippen molar-refractivity contribution in [3.8, 4) is 0 Å². The Hall–Kier alpha value is 0.828. The van der Waals surface area contributed by atoms with Crippen LogP contribution in [0.3, 0.4) is 0 Å². The summed E-state index contributed by atoms with van der Waals surface area (Å²) < 4.78 is 7.89. The summed E-state index contributed by atoms with van der Waals surface area (Å²) in [5.41, 5.74) is 1.28. The van der Waals surface area contributed by atoms with Crippen molar-refractivity contribution < 1.29 is 19.4 Å². The molecule has 7 heteroatoms. The summed E-state index contributed by atoms with van der Waals surface area (Å²) >= 11 is 12.6. The zero-order valence-corrected chi connectivity index (χ0v) is 19.5. The molecule has 124 valence electrons. The molecule has 1 aliphatic rings. The second kappa shape index (κ2) is 9.35. The van der Waals surface area contributed by atoms with E-state index in [9.17, 15) is 0 Å². The first-order valence-electron chi connectivity index (χ1n) is 6.96. The summed E-state index contributed by atoms with van der Waals surface area (Å²) in [6.07, 6.45) is 7.14. The molecule has 0 amide bonds. The monoisotopic (exact) mass is 724 g/mol. The van der Waals surface area contributed by atoms with Gasteiger partial charge in [-0.2, -0.15) is 1.33 Å². The quantitative estimate of drug-likeness (QED) is 0.314. The number of benzene rings is 1. The molecule has 2 aromatic rings. The predicted octanol–water partition coefficient (Wildman–Crippen LogP) is 5.16. The molecule has 3 rings (SSSR count). The molecule has 0 unspecified atom stereocenters. The van der Waals surface area contributed by atoms with Gasteiger partial charge < -0.3 is 0 Å². The SMILES string of the molecule is Clc1ccc(CN(I)I)cc1.Cn1ccn(CC2CC2)[c]1=[Pt]. The van der Waals surface area contributed by atoms with Crippen LogP contribution >= 0.6 is 57.3 Å². The number of hydrogen-bond acceptors (Lipinski definition) is 1. The van der Waals surface area contributed by atoms with E-state index in [2.05, 4.69) is 95.0 Å². The summed E-state index contributed by atoms with van der Waals surface area (Å²) in [5, 5.41) is 0.794. The Morgan fingerprint density at radius 3 is 2.32 bits per heavy atom. The van der Waals surface area contributed by atoms with Crippen LogP contribution in [0.1, 0.15) is 18.4 Å². The Morgan fingerprint density at radius 1 is 1.23 bits per heavy atom. The van der Waals surface area contributed by atoms with Gasteiger partial charge in [0, 0.05) is 57.3 Å². The van der Waals surface area contributed by atoms with E-state index >= 15 is 0 Å². The second-order valence-corrected chi connectivity index (χ2v) is 11.0. The molecule has 0 spiro atoms. The van der Waals surface area contributed by atoms with Crippen LogP contribution in [0, 0.1) is 9.72 Å². The number of aryl methyl sites for hydroxylation is 1. The molecular formula is C15H18ClI2N3Pt. The molecule has 0 aliphatic heterocycles. The van der Waals surface area contributed by atoms with Crippen molar-refractivity contribution in [3.63, 3.8) is 0 Å². The molecule has 0 radical (unpaired) electrons. The van der Waals surface area contributed by atoms with E-state index in [0.717, 1.165) is 17.5 Å². The molecule has 22 heavy (non-hydrogen) atoms. The van der Waals surface area contributed by atoms with E-state index in [1.807, 2.05) is 24.3 Å². The molecule has 0 N–H and O–H groups in total. The minimum absolute atomic E-state index is 0.794. The fourth-order valence-corrected chi connectivity index (χ4v) is 3.39. The Morgan fingerprint density at radius 2 is 1.86 bits per heavy atom. The average molecular weight is 725 g/mol. The number of nitrogens with zero attached hydrogens (tertiary/aromatic N) is 3. The van der Waals surface area contributed by atoms with E-state index in [1.165, 1.54) is 28.8 Å². The molecule has 0 bridgehead atoms. The van der Waals surface area contributed by atoms with Gasteiger partial charge >= 0.3 is 77.0 Å². The van der Waals surface area contributed by atoms with E-state index in [1.54, 1.807) is 0 Å². The molecule has 0 saturated heterocycles. The van der Waals surface area contributed by atoms with Crippen LogP contribution in [-0.4, -0.2) is 10.5 Å². The molecular weight excluding hydrogens is 707 g/mol. The molecule has 1 aromatic carbocycles. The molecule has 1 aliphatic carbocycles. The number of hydrogen-bond donors (Lipinski definition) is 0. The predicted molar refractivity (Wildman–Crippen MR) is 104 cm³/mol. The van der Waals surface area contributed by atoms with Gasteiger partial charge in [-0.25, -0.2) is 0 Å². The first-order valence-corrected chi connectivity index (χ1v) is 10.4. The van der Waals surface area contributed by atoms with Gasteiger partial charge in [-0.05, 0) is 17.7 Å². The van der Waals surface area contributed by atoms with E-state index < -0.39 is 0 Å². The Labute approximate surface area is 175 Å². The van der Waals surface area contributed by atoms with Crippen molar-refractivity contribution in [3.05, 3.63) is 51.0 Å². The molecule has 3 nitrogen and oxygen atoms in total. The van der Waals surface area contributed by atoms with Crippen LogP contribution in [-0.2, 0) is 39.5 Å². The third-order valence-corrected chi connectivity index (χ3v) is 5.71. The maximum absolute atomic E-state index is 5.73.